The summed E-state index contributed by atoms with van der Waals surface area (Å²) in [6.07, 6.45) is 1.04. The zero-order chi connectivity index (χ0) is 6.57. The third-order valence-corrected chi connectivity index (χ3v) is 0.965. The molecule has 0 spiro atoms. The van der Waals surface area contributed by atoms with Crippen molar-refractivity contribution < 1.29 is 40.6 Å². The minimum absolute atomic E-state index is 0. The molecule has 0 N–H and O–H groups in total. The zero-order valence-corrected chi connectivity index (χ0v) is 8.57. The minimum Gasteiger partial charge on any atom is -1.00 e. The summed E-state index contributed by atoms with van der Waals surface area (Å²) in [4.78, 5) is 20.4. The van der Waals surface area contributed by atoms with Crippen molar-refractivity contribution in [3.05, 3.63) is 0 Å². The molecule has 0 rings (SSSR count). The maximum Gasteiger partial charge on any atom is 1.00 e. The quantitative estimate of drug-likeness (QED) is 0.289. The number of Topliss-reactive ketones (excluding diaryl/α,β-unsaturated/α-hetero) is 1. The Balaban J connectivity index is -0.000000245. The fraction of sp³-hybridized carbons (Fsp3) is 0.600. The van der Waals surface area contributed by atoms with Crippen LogP contribution in [0.5, 0.6) is 0 Å². The molecule has 48 valence electrons. The predicted molar refractivity (Wildman–Crippen MR) is 35.0 cm³/mol. The molecular formula is C5H9NaO2S. The molecule has 0 aromatic heterocycles. The molecule has 0 saturated carbocycles. The average molecular weight is 156 g/mol. The molecular weight excluding hydrogens is 147 g/mol. The van der Waals surface area contributed by atoms with Crippen molar-refractivity contribution in [3.8, 4) is 0 Å². The summed E-state index contributed by atoms with van der Waals surface area (Å²) >= 11 is 3.34. The third-order valence-electron chi connectivity index (χ3n) is 0.716. The Morgan fingerprint density at radius 3 is 2.11 bits per heavy atom. The smallest absolute Gasteiger partial charge is 1.00 e. The van der Waals surface area contributed by atoms with E-state index >= 15 is 0 Å². The molecule has 0 aliphatic rings. The van der Waals surface area contributed by atoms with Crippen LogP contribution >= 0.6 is 12.6 Å². The van der Waals surface area contributed by atoms with Crippen LogP contribution in [0.3, 0.4) is 0 Å². The van der Waals surface area contributed by atoms with Gasteiger partial charge in [0.25, 0.3) is 5.12 Å². The Hall–Kier alpha value is 0.690. The second-order valence-electron chi connectivity index (χ2n) is 1.48. The van der Waals surface area contributed by atoms with Gasteiger partial charge in [-0.25, -0.2) is 0 Å². The van der Waals surface area contributed by atoms with E-state index in [1.54, 1.807) is 0 Å². The summed E-state index contributed by atoms with van der Waals surface area (Å²) in [6, 6.07) is 0. The van der Waals surface area contributed by atoms with Gasteiger partial charge < -0.3 is 1.43 Å². The van der Waals surface area contributed by atoms with E-state index in [0.717, 1.165) is 0 Å². The first kappa shape index (κ1) is 12.4. The first-order chi connectivity index (χ1) is 3.68. The number of thiol groups is 1. The van der Waals surface area contributed by atoms with Gasteiger partial charge in [0.05, 0.1) is 0 Å². The van der Waals surface area contributed by atoms with E-state index in [4.69, 9.17) is 0 Å². The maximum absolute atomic E-state index is 10.3. The molecule has 0 fully saturated rings. The molecule has 0 heterocycles. The molecule has 0 amide bonds. The third kappa shape index (κ3) is 6.58. The van der Waals surface area contributed by atoms with Crippen molar-refractivity contribution in [3.63, 3.8) is 0 Å². The van der Waals surface area contributed by atoms with Gasteiger partial charge in [-0.15, -0.1) is 0 Å². The van der Waals surface area contributed by atoms with Crippen molar-refractivity contribution in [2.45, 2.75) is 19.8 Å². The van der Waals surface area contributed by atoms with Crippen LogP contribution in [0.2, 0.25) is 0 Å². The summed E-state index contributed by atoms with van der Waals surface area (Å²) in [5.41, 5.74) is 0. The molecule has 0 bridgehead atoms. The molecule has 0 aromatic rings. The Labute approximate surface area is 83.6 Å². The summed E-state index contributed by atoms with van der Waals surface area (Å²) in [5, 5.41) is -0.633. The monoisotopic (exact) mass is 156 g/mol. The van der Waals surface area contributed by atoms with E-state index in [1.165, 1.54) is 0 Å². The van der Waals surface area contributed by atoms with Crippen molar-refractivity contribution in [1.82, 2.24) is 0 Å². The van der Waals surface area contributed by atoms with Gasteiger partial charge in [-0.2, -0.15) is 0 Å². The van der Waals surface area contributed by atoms with Crippen molar-refractivity contribution in [1.29, 1.82) is 0 Å². The molecule has 0 aliphatic carbocycles. The average Bonchev–Trinajstić information content (AvgIpc) is 1.67. The standard InChI is InChI=1S/C5H8O2S.Na.H/c1-2-3-4(6)5(7)8;;/h2-3H2,1H3,(H,7,8);;/q;+1;-1. The number of rotatable bonds is 3. The zero-order valence-electron chi connectivity index (χ0n) is 6.68. The van der Waals surface area contributed by atoms with Crippen LogP contribution in [0.1, 0.15) is 21.2 Å². The minimum atomic E-state index is -0.633. The largest absolute Gasteiger partial charge is 1.00 e. The van der Waals surface area contributed by atoms with Crippen molar-refractivity contribution in [2.24, 2.45) is 0 Å². The van der Waals surface area contributed by atoms with E-state index in [2.05, 4.69) is 12.6 Å². The van der Waals surface area contributed by atoms with Gasteiger partial charge in [-0.05, 0) is 6.42 Å². The van der Waals surface area contributed by atoms with Gasteiger partial charge in [0.15, 0.2) is 0 Å². The molecule has 0 atom stereocenters. The van der Waals surface area contributed by atoms with E-state index in [-0.39, 0.29) is 31.0 Å². The van der Waals surface area contributed by atoms with E-state index in [0.29, 0.717) is 12.8 Å². The molecule has 2 nitrogen and oxygen atoms in total. The SMILES string of the molecule is CCCC(=O)C(=O)S.[H-].[Na+]. The van der Waals surface area contributed by atoms with E-state index in [1.807, 2.05) is 6.92 Å². The van der Waals surface area contributed by atoms with E-state index < -0.39 is 10.9 Å². The van der Waals surface area contributed by atoms with Gasteiger partial charge in [0.2, 0.25) is 5.78 Å². The second-order valence-corrected chi connectivity index (χ2v) is 1.88. The molecule has 4 heteroatoms. The molecule has 0 aliphatic heterocycles. The van der Waals surface area contributed by atoms with Gasteiger partial charge in [0, 0.05) is 6.42 Å². The Bertz CT molecular complexity index is 118. The number of ketones is 1. The molecule has 0 aromatic carbocycles. The van der Waals surface area contributed by atoms with Crippen LogP contribution < -0.4 is 29.6 Å². The predicted octanol–water partition coefficient (Wildman–Crippen LogP) is -2.07. The topological polar surface area (TPSA) is 34.1 Å². The summed E-state index contributed by atoms with van der Waals surface area (Å²) < 4.78 is 0. The Morgan fingerprint density at radius 1 is 1.56 bits per heavy atom. The van der Waals surface area contributed by atoms with Crippen LogP contribution in [-0.4, -0.2) is 10.9 Å². The summed E-state index contributed by atoms with van der Waals surface area (Å²) in [6.45, 7) is 1.84. The van der Waals surface area contributed by atoms with Gasteiger partial charge in [0.1, 0.15) is 0 Å². The normalized spacial score (nSPS) is 7.78. The second kappa shape index (κ2) is 6.81. The van der Waals surface area contributed by atoms with Crippen LogP contribution in [0.15, 0.2) is 0 Å². The summed E-state index contributed by atoms with van der Waals surface area (Å²) in [7, 11) is 0. The number of carbonyl (C=O) groups excluding carboxylic acids is 2. The van der Waals surface area contributed by atoms with Gasteiger partial charge >= 0.3 is 29.6 Å². The first-order valence-corrected chi connectivity index (χ1v) is 2.89. The van der Waals surface area contributed by atoms with E-state index in [9.17, 15) is 9.59 Å². The van der Waals surface area contributed by atoms with Crippen LogP contribution in [-0.2, 0) is 9.59 Å². The first-order valence-electron chi connectivity index (χ1n) is 2.44. The van der Waals surface area contributed by atoms with Crippen LogP contribution in [0.25, 0.3) is 0 Å². The number of carbonyl (C=O) groups is 2. The van der Waals surface area contributed by atoms with Crippen LogP contribution in [0, 0.1) is 0 Å². The number of hydrogen-bond donors (Lipinski definition) is 1. The van der Waals surface area contributed by atoms with Crippen molar-refractivity contribution >= 4 is 23.5 Å². The van der Waals surface area contributed by atoms with Crippen molar-refractivity contribution in [2.75, 3.05) is 0 Å². The fourth-order valence-corrected chi connectivity index (χ4v) is 0.446. The van der Waals surface area contributed by atoms with Crippen LogP contribution in [0.4, 0.5) is 0 Å². The maximum atomic E-state index is 10.3. The van der Waals surface area contributed by atoms with Gasteiger partial charge in [-0.1, -0.05) is 19.6 Å². The molecule has 0 saturated heterocycles. The fourth-order valence-electron chi connectivity index (χ4n) is 0.334. The molecule has 0 radical (unpaired) electrons. The molecule has 9 heavy (non-hydrogen) atoms. The Kier molecular flexibility index (Phi) is 9.36. The Morgan fingerprint density at radius 2 is 2.00 bits per heavy atom. The summed E-state index contributed by atoms with van der Waals surface area (Å²) in [5.74, 6) is -0.393. The van der Waals surface area contributed by atoms with Gasteiger partial charge in [-0.3, -0.25) is 9.59 Å². The molecule has 0 unspecified atom stereocenters. The number of hydrogen-bond acceptors (Lipinski definition) is 2.